The highest BCUT2D eigenvalue weighted by Crippen LogP contribution is 2.68. The lowest BCUT2D eigenvalue weighted by Gasteiger charge is -2.42. The van der Waals surface area contributed by atoms with Crippen LogP contribution in [0.2, 0.25) is 0 Å². The van der Waals surface area contributed by atoms with Crippen LogP contribution in [0, 0.1) is 29.6 Å². The van der Waals surface area contributed by atoms with Crippen molar-refractivity contribution in [2.45, 2.75) is 29.5 Å². The molecule has 36 heavy (non-hydrogen) atoms. The number of hydrogen-bond donors (Lipinski definition) is 1. The Kier molecular flexibility index (Phi) is 5.10. The van der Waals surface area contributed by atoms with Crippen molar-refractivity contribution in [3.05, 3.63) is 66.8 Å². The number of hydrogen-bond acceptors (Lipinski definition) is 8. The molecule has 2 amide bonds. The Labute approximate surface area is 218 Å². The monoisotopic (exact) mass is 538 g/mol. The number of fused-ring (bicyclic) bond motifs is 9. The summed E-state index contributed by atoms with van der Waals surface area (Å²) in [5.74, 6) is -0.909. The summed E-state index contributed by atoms with van der Waals surface area (Å²) in [7, 11) is 0. The first kappa shape index (κ1) is 22.5. The molecule has 4 aliphatic rings. The van der Waals surface area contributed by atoms with E-state index in [0.717, 1.165) is 16.3 Å². The van der Waals surface area contributed by atoms with Crippen molar-refractivity contribution in [3.8, 4) is 0 Å². The maximum Gasteiger partial charge on any atom is 0.338 e. The molecule has 7 rings (SSSR count). The third kappa shape index (κ3) is 3.04. The van der Waals surface area contributed by atoms with Crippen molar-refractivity contribution in [3.63, 3.8) is 0 Å². The first-order chi connectivity index (χ1) is 17.5. The second-order valence-corrected chi connectivity index (χ2v) is 12.9. The number of ether oxygens (including phenoxy) is 1. The van der Waals surface area contributed by atoms with Crippen molar-refractivity contribution in [2.75, 3.05) is 11.5 Å². The van der Waals surface area contributed by atoms with Crippen LogP contribution in [-0.4, -0.2) is 34.6 Å². The van der Waals surface area contributed by atoms with Gasteiger partial charge in [-0.25, -0.2) is 4.79 Å². The Hall–Kier alpha value is -2.69. The second kappa shape index (κ2) is 8.16. The average molecular weight is 539 g/mol. The molecular weight excluding hydrogens is 516 g/mol. The van der Waals surface area contributed by atoms with Crippen LogP contribution < -0.4 is 9.77 Å². The minimum Gasteiger partial charge on any atom is -0.462 e. The summed E-state index contributed by atoms with van der Waals surface area (Å²) in [5.41, 5.74) is 0.891. The summed E-state index contributed by atoms with van der Waals surface area (Å²) in [5, 5.41) is 3.17. The van der Waals surface area contributed by atoms with Crippen LogP contribution in [0.1, 0.15) is 39.4 Å². The van der Waals surface area contributed by atoms with Crippen LogP contribution in [0.4, 0.5) is 5.69 Å². The fraction of sp³-hybridized carbons (Fsp3) is 0.385. The largest absolute Gasteiger partial charge is 0.462 e. The molecule has 3 fully saturated rings. The molecule has 7 atom stereocenters. The highest BCUT2D eigenvalue weighted by atomic mass is 32.2. The molecule has 0 spiro atoms. The number of nitrogens with one attached hydrogen (secondary N) is 1. The highest BCUT2D eigenvalue weighted by molar-refractivity contribution is 8.00. The molecule has 2 aromatic heterocycles. The van der Waals surface area contributed by atoms with Crippen LogP contribution in [0.15, 0.2) is 51.6 Å². The number of thiazole rings is 1. The van der Waals surface area contributed by atoms with Gasteiger partial charge in [-0.1, -0.05) is 17.4 Å². The van der Waals surface area contributed by atoms with Crippen molar-refractivity contribution in [1.82, 2.24) is 4.98 Å². The van der Waals surface area contributed by atoms with E-state index in [1.807, 2.05) is 6.07 Å². The summed E-state index contributed by atoms with van der Waals surface area (Å²) in [6.07, 6.45) is 0.867. The van der Waals surface area contributed by atoms with Crippen LogP contribution in [-0.2, 0) is 14.3 Å². The van der Waals surface area contributed by atoms with Gasteiger partial charge in [-0.05, 0) is 66.8 Å². The number of thiophene rings is 1. The zero-order valence-corrected chi connectivity index (χ0v) is 21.7. The maximum atomic E-state index is 13.8. The first-order valence-corrected chi connectivity index (χ1v) is 14.6. The number of aromatic nitrogens is 1. The molecule has 0 radical (unpaired) electrons. The number of esters is 1. The smallest absolute Gasteiger partial charge is 0.338 e. The Morgan fingerprint density at radius 2 is 1.83 bits per heavy atom. The number of carbonyl (C=O) groups is 3. The van der Waals surface area contributed by atoms with Crippen LogP contribution in [0.3, 0.4) is 0 Å². The summed E-state index contributed by atoms with van der Waals surface area (Å²) < 4.78 is 5.05. The van der Waals surface area contributed by atoms with Crippen molar-refractivity contribution in [1.29, 1.82) is 0 Å². The third-order valence-corrected chi connectivity index (χ3v) is 11.8. The average Bonchev–Trinajstić information content (AvgIpc) is 3.67. The standard InChI is InChI=1S/C26H22N2O5S3/c1-2-33-25(31)11-5-7-12(8-6-11)28-23(29)17-13-10-14(18(17)24(28)30)20-16(13)19(15-4-3-9-34-15)21-22(35-20)27-26(32)36-21/h3-9,13-14,16-20H,2,10H2,1H3,(H,27,32)/t13-,14-,16-,17+,18-,19+,20+/m1/s1. The number of carbonyl (C=O) groups excluding carboxylic acids is 3. The number of aromatic amines is 1. The molecule has 1 N–H and O–H groups in total. The van der Waals surface area contributed by atoms with Crippen LogP contribution >= 0.6 is 34.4 Å². The van der Waals surface area contributed by atoms with Crippen LogP contribution in [0.25, 0.3) is 0 Å². The number of H-pyrrole nitrogens is 1. The molecule has 4 heterocycles. The van der Waals surface area contributed by atoms with Gasteiger partial charge in [0.05, 0.1) is 34.7 Å². The molecule has 184 valence electrons. The van der Waals surface area contributed by atoms with Gasteiger partial charge in [0.25, 0.3) is 0 Å². The molecule has 2 saturated carbocycles. The Morgan fingerprint density at radius 1 is 1.08 bits per heavy atom. The van der Waals surface area contributed by atoms with E-state index in [9.17, 15) is 19.2 Å². The van der Waals surface area contributed by atoms with Gasteiger partial charge in [-0.15, -0.1) is 23.1 Å². The first-order valence-electron chi connectivity index (χ1n) is 12.1. The zero-order chi connectivity index (χ0) is 24.7. The van der Waals surface area contributed by atoms with E-state index in [2.05, 4.69) is 16.4 Å². The van der Waals surface area contributed by atoms with Gasteiger partial charge >= 0.3 is 10.8 Å². The lowest BCUT2D eigenvalue weighted by Crippen LogP contribution is -2.42. The molecule has 3 aromatic rings. The molecule has 1 aromatic carbocycles. The number of imide groups is 1. The number of thioether (sulfide) groups is 1. The molecule has 1 saturated heterocycles. The van der Waals surface area contributed by atoms with Gasteiger partial charge in [-0.3, -0.25) is 19.3 Å². The predicted molar refractivity (Wildman–Crippen MR) is 138 cm³/mol. The van der Waals surface area contributed by atoms with E-state index >= 15 is 0 Å². The SMILES string of the molecule is CCOC(=O)c1ccc(N2C(=O)[C@@H]3[C@H]4C[C@@H]([C@@H]3C2=O)[C@@H]2[C@H](c3cccs3)c3sc(=O)[nH]c3S[C@@H]42)cc1. The van der Waals surface area contributed by atoms with E-state index in [4.69, 9.17) is 4.74 Å². The Bertz CT molecular complexity index is 1440. The summed E-state index contributed by atoms with van der Waals surface area (Å²) in [6, 6.07) is 10.7. The van der Waals surface area contributed by atoms with Gasteiger partial charge in [0.1, 0.15) is 0 Å². The number of benzene rings is 1. The lowest BCUT2D eigenvalue weighted by atomic mass is 9.69. The van der Waals surface area contributed by atoms with Gasteiger partial charge in [0.2, 0.25) is 11.8 Å². The molecule has 2 bridgehead atoms. The van der Waals surface area contributed by atoms with Gasteiger partial charge < -0.3 is 9.72 Å². The van der Waals surface area contributed by atoms with Crippen molar-refractivity contribution >= 4 is 57.9 Å². The van der Waals surface area contributed by atoms with Crippen molar-refractivity contribution < 1.29 is 19.1 Å². The minimum atomic E-state index is -0.427. The molecule has 0 unspecified atom stereocenters. The van der Waals surface area contributed by atoms with Gasteiger partial charge in [-0.2, -0.15) is 0 Å². The Balaban J connectivity index is 1.24. The number of rotatable bonds is 4. The molecule has 2 aliphatic heterocycles. The van der Waals surface area contributed by atoms with E-state index < -0.39 is 5.97 Å². The third-order valence-electron chi connectivity index (χ3n) is 8.21. The quantitative estimate of drug-likeness (QED) is 0.392. The number of anilines is 1. The Morgan fingerprint density at radius 3 is 2.53 bits per heavy atom. The molecule has 2 aliphatic carbocycles. The molecule has 10 heteroatoms. The van der Waals surface area contributed by atoms with E-state index in [0.29, 0.717) is 11.3 Å². The summed E-state index contributed by atoms with van der Waals surface area (Å²) in [6.45, 7) is 2.03. The molecular formula is C26H22N2O5S3. The summed E-state index contributed by atoms with van der Waals surface area (Å²) >= 11 is 4.67. The normalized spacial score (nSPS) is 31.9. The fourth-order valence-corrected chi connectivity index (χ4v) is 10.9. The van der Waals surface area contributed by atoms with E-state index in [1.165, 1.54) is 21.1 Å². The van der Waals surface area contributed by atoms with E-state index in [-0.39, 0.29) is 64.1 Å². The van der Waals surface area contributed by atoms with Crippen molar-refractivity contribution in [2.24, 2.45) is 29.6 Å². The second-order valence-electron chi connectivity index (χ2n) is 9.76. The highest BCUT2D eigenvalue weighted by Gasteiger charge is 2.69. The predicted octanol–water partition coefficient (Wildman–Crippen LogP) is 4.35. The molecule has 7 nitrogen and oxygen atoms in total. The van der Waals surface area contributed by atoms with E-state index in [1.54, 1.807) is 54.3 Å². The zero-order valence-electron chi connectivity index (χ0n) is 19.2. The fourth-order valence-electron chi connectivity index (χ4n) is 7.02. The van der Waals surface area contributed by atoms with Crippen LogP contribution in [0.5, 0.6) is 0 Å². The number of amides is 2. The maximum absolute atomic E-state index is 13.8. The summed E-state index contributed by atoms with van der Waals surface area (Å²) in [4.78, 5) is 58.4. The van der Waals surface area contributed by atoms with Gasteiger partial charge in [0, 0.05) is 20.9 Å². The lowest BCUT2D eigenvalue weighted by molar-refractivity contribution is -0.123. The topological polar surface area (TPSA) is 96.5 Å². The van der Waals surface area contributed by atoms with Gasteiger partial charge in [0.15, 0.2) is 0 Å². The number of nitrogens with zero attached hydrogens (tertiary/aromatic N) is 1. The minimum absolute atomic E-state index is 0.0498.